The molecule has 0 aliphatic rings. The fraction of sp³-hybridized carbons (Fsp3) is 0.294. The van der Waals surface area contributed by atoms with Gasteiger partial charge in [0, 0.05) is 0 Å². The number of nitrogens with one attached hydrogen (secondary N) is 1. The molecule has 1 heterocycles. The average molecular weight is 317 g/mol. The average Bonchev–Trinajstić information content (AvgIpc) is 2.91. The van der Waals surface area contributed by atoms with Crippen LogP contribution in [-0.2, 0) is 9.53 Å². The van der Waals surface area contributed by atoms with Gasteiger partial charge in [-0.15, -0.1) is 11.3 Å². The van der Waals surface area contributed by atoms with Crippen LogP contribution in [0.25, 0.3) is 0 Å². The molecule has 2 aromatic rings. The van der Waals surface area contributed by atoms with Gasteiger partial charge in [0.15, 0.2) is 6.61 Å². The van der Waals surface area contributed by atoms with Crippen molar-refractivity contribution in [3.8, 4) is 0 Å². The Hall–Kier alpha value is -2.14. The lowest BCUT2D eigenvalue weighted by atomic mass is 10.1. The van der Waals surface area contributed by atoms with Gasteiger partial charge in [-0.3, -0.25) is 4.79 Å². The molecule has 1 atom stereocenters. The number of carbonyl (C=O) groups is 2. The topological polar surface area (TPSA) is 55.4 Å². The number of benzene rings is 1. The summed E-state index contributed by atoms with van der Waals surface area (Å²) in [6.45, 7) is 5.48. The van der Waals surface area contributed by atoms with Crippen LogP contribution in [0.5, 0.6) is 0 Å². The minimum absolute atomic E-state index is 0.129. The minimum Gasteiger partial charge on any atom is -0.451 e. The molecule has 0 saturated heterocycles. The molecular weight excluding hydrogens is 298 g/mol. The number of aryl methyl sites for hydroxylation is 2. The molecule has 0 unspecified atom stereocenters. The molecule has 0 aliphatic heterocycles. The Kier molecular flexibility index (Phi) is 5.33. The molecule has 0 saturated carbocycles. The van der Waals surface area contributed by atoms with Crippen LogP contribution >= 0.6 is 11.3 Å². The van der Waals surface area contributed by atoms with Gasteiger partial charge in [0.2, 0.25) is 0 Å². The van der Waals surface area contributed by atoms with E-state index in [2.05, 4.69) is 5.32 Å². The second-order valence-electron chi connectivity index (χ2n) is 5.21. The lowest BCUT2D eigenvalue weighted by molar-refractivity contribution is -0.124. The third-order valence-corrected chi connectivity index (χ3v) is 4.33. The first-order valence-electron chi connectivity index (χ1n) is 7.04. The summed E-state index contributed by atoms with van der Waals surface area (Å²) in [6, 6.07) is 9.66. The van der Waals surface area contributed by atoms with Crippen molar-refractivity contribution in [2.75, 3.05) is 6.61 Å². The smallest absolute Gasteiger partial charge is 0.349 e. The van der Waals surface area contributed by atoms with Crippen molar-refractivity contribution in [3.63, 3.8) is 0 Å². The van der Waals surface area contributed by atoms with Crippen LogP contribution in [0, 0.1) is 13.8 Å². The zero-order valence-electron chi connectivity index (χ0n) is 12.9. The van der Waals surface area contributed by atoms with Crippen LogP contribution < -0.4 is 5.32 Å². The van der Waals surface area contributed by atoms with E-state index in [1.54, 1.807) is 0 Å². The van der Waals surface area contributed by atoms with Crippen molar-refractivity contribution in [2.24, 2.45) is 0 Å². The molecule has 0 radical (unpaired) electrons. The van der Waals surface area contributed by atoms with Gasteiger partial charge in [0.25, 0.3) is 5.91 Å². The SMILES string of the molecule is Cc1ccc([C@H](C)NC(=O)COC(=O)c2sccc2C)cc1. The van der Waals surface area contributed by atoms with Crippen molar-refractivity contribution < 1.29 is 14.3 Å². The van der Waals surface area contributed by atoms with Crippen molar-refractivity contribution in [3.05, 3.63) is 57.3 Å². The molecular formula is C17H19NO3S. The molecule has 5 heteroatoms. The number of thiophene rings is 1. The zero-order chi connectivity index (χ0) is 16.1. The maximum atomic E-state index is 11.9. The Morgan fingerprint density at radius 2 is 1.86 bits per heavy atom. The van der Waals surface area contributed by atoms with E-state index in [0.717, 1.165) is 11.1 Å². The van der Waals surface area contributed by atoms with Gasteiger partial charge < -0.3 is 10.1 Å². The molecule has 2 rings (SSSR count). The molecule has 1 aromatic carbocycles. The molecule has 0 fully saturated rings. The van der Waals surface area contributed by atoms with E-state index in [-0.39, 0.29) is 18.6 Å². The summed E-state index contributed by atoms with van der Waals surface area (Å²) in [6.07, 6.45) is 0. The van der Waals surface area contributed by atoms with Crippen LogP contribution in [-0.4, -0.2) is 18.5 Å². The number of hydrogen-bond donors (Lipinski definition) is 1. The van der Waals surface area contributed by atoms with Crippen molar-refractivity contribution >= 4 is 23.2 Å². The van der Waals surface area contributed by atoms with E-state index in [4.69, 9.17) is 4.74 Å². The second-order valence-corrected chi connectivity index (χ2v) is 6.12. The van der Waals surface area contributed by atoms with Crippen molar-refractivity contribution in [1.29, 1.82) is 0 Å². The van der Waals surface area contributed by atoms with Crippen molar-refractivity contribution in [2.45, 2.75) is 26.8 Å². The summed E-state index contributed by atoms with van der Waals surface area (Å²) in [5.41, 5.74) is 3.05. The van der Waals surface area contributed by atoms with Gasteiger partial charge in [-0.2, -0.15) is 0 Å². The van der Waals surface area contributed by atoms with Gasteiger partial charge in [0.1, 0.15) is 4.88 Å². The zero-order valence-corrected chi connectivity index (χ0v) is 13.7. The molecule has 0 aliphatic carbocycles. The lowest BCUT2D eigenvalue weighted by Gasteiger charge is -2.14. The summed E-state index contributed by atoms with van der Waals surface area (Å²) >= 11 is 1.32. The first kappa shape index (κ1) is 16.2. The summed E-state index contributed by atoms with van der Waals surface area (Å²) in [5.74, 6) is -0.763. The Balaban J connectivity index is 1.84. The van der Waals surface area contributed by atoms with Crippen LogP contribution in [0.15, 0.2) is 35.7 Å². The molecule has 1 N–H and O–H groups in total. The molecule has 0 spiro atoms. The highest BCUT2D eigenvalue weighted by Crippen LogP contribution is 2.16. The van der Waals surface area contributed by atoms with E-state index >= 15 is 0 Å². The first-order chi connectivity index (χ1) is 10.5. The predicted octanol–water partition coefficient (Wildman–Crippen LogP) is 3.40. The highest BCUT2D eigenvalue weighted by molar-refractivity contribution is 7.12. The Morgan fingerprint density at radius 1 is 1.18 bits per heavy atom. The Morgan fingerprint density at radius 3 is 2.45 bits per heavy atom. The monoisotopic (exact) mass is 317 g/mol. The molecule has 22 heavy (non-hydrogen) atoms. The van der Waals surface area contributed by atoms with Gasteiger partial charge >= 0.3 is 5.97 Å². The van der Waals surface area contributed by atoms with Crippen LogP contribution in [0.1, 0.15) is 39.3 Å². The number of amides is 1. The number of esters is 1. The third kappa shape index (κ3) is 4.18. The molecule has 116 valence electrons. The lowest BCUT2D eigenvalue weighted by Crippen LogP contribution is -2.31. The fourth-order valence-electron chi connectivity index (χ4n) is 2.00. The maximum Gasteiger partial charge on any atom is 0.349 e. The van der Waals surface area contributed by atoms with E-state index in [9.17, 15) is 9.59 Å². The third-order valence-electron chi connectivity index (χ3n) is 3.34. The van der Waals surface area contributed by atoms with Crippen LogP contribution in [0.4, 0.5) is 0 Å². The Bertz CT molecular complexity index is 661. The van der Waals surface area contributed by atoms with Crippen LogP contribution in [0.2, 0.25) is 0 Å². The molecule has 1 amide bonds. The van der Waals surface area contributed by atoms with E-state index in [1.807, 2.05) is 56.5 Å². The van der Waals surface area contributed by atoms with Crippen LogP contribution in [0.3, 0.4) is 0 Å². The van der Waals surface area contributed by atoms with Gasteiger partial charge in [0.05, 0.1) is 6.04 Å². The standard InChI is InChI=1S/C17H19NO3S/c1-11-4-6-14(7-5-11)13(3)18-15(19)10-21-17(20)16-12(2)8-9-22-16/h4-9,13H,10H2,1-3H3,(H,18,19)/t13-/m0/s1. The summed E-state index contributed by atoms with van der Waals surface area (Å²) in [5, 5.41) is 4.64. The summed E-state index contributed by atoms with van der Waals surface area (Å²) in [4.78, 5) is 24.2. The number of ether oxygens (including phenoxy) is 1. The molecule has 1 aromatic heterocycles. The Labute approximate surface area is 134 Å². The fourth-order valence-corrected chi connectivity index (χ4v) is 2.82. The van der Waals surface area contributed by atoms with E-state index in [0.29, 0.717) is 4.88 Å². The number of carbonyl (C=O) groups excluding carboxylic acids is 2. The number of rotatable bonds is 5. The normalized spacial score (nSPS) is 11.8. The van der Waals surface area contributed by atoms with Gasteiger partial charge in [-0.05, 0) is 43.3 Å². The maximum absolute atomic E-state index is 11.9. The molecule has 0 bridgehead atoms. The van der Waals surface area contributed by atoms with Gasteiger partial charge in [-0.1, -0.05) is 29.8 Å². The first-order valence-corrected chi connectivity index (χ1v) is 7.92. The number of hydrogen-bond acceptors (Lipinski definition) is 4. The quantitative estimate of drug-likeness (QED) is 0.860. The minimum atomic E-state index is -0.453. The molecule has 4 nitrogen and oxygen atoms in total. The van der Waals surface area contributed by atoms with E-state index in [1.165, 1.54) is 16.9 Å². The highest BCUT2D eigenvalue weighted by Gasteiger charge is 2.15. The summed E-state index contributed by atoms with van der Waals surface area (Å²) in [7, 11) is 0. The largest absolute Gasteiger partial charge is 0.451 e. The highest BCUT2D eigenvalue weighted by atomic mass is 32.1. The summed E-state index contributed by atoms with van der Waals surface area (Å²) < 4.78 is 5.04. The second kappa shape index (κ2) is 7.22. The van der Waals surface area contributed by atoms with Gasteiger partial charge in [-0.25, -0.2) is 4.79 Å². The van der Waals surface area contributed by atoms with E-state index < -0.39 is 5.97 Å². The van der Waals surface area contributed by atoms with Crippen molar-refractivity contribution in [1.82, 2.24) is 5.32 Å². The predicted molar refractivity (Wildman–Crippen MR) is 87.1 cm³/mol.